The van der Waals surface area contributed by atoms with E-state index in [-0.39, 0.29) is 10.9 Å². The molecular weight excluding hydrogens is 329 g/mol. The summed E-state index contributed by atoms with van der Waals surface area (Å²) in [6.07, 6.45) is 1.44. The fourth-order valence-electron chi connectivity index (χ4n) is 3.19. The number of H-pyrrole nitrogens is 1. The van der Waals surface area contributed by atoms with Crippen molar-refractivity contribution in [3.63, 3.8) is 0 Å². The highest BCUT2D eigenvalue weighted by molar-refractivity contribution is 7.89. The molecule has 4 rings (SSSR count). The van der Waals surface area contributed by atoms with E-state index >= 15 is 0 Å². The number of nitrogens with zero attached hydrogens (tertiary/aromatic N) is 2. The Bertz CT molecular complexity index is 967. The zero-order chi connectivity index (χ0) is 16.7. The number of para-hydroxylation sites is 2. The number of fused-ring (bicyclic) bond motifs is 1. The summed E-state index contributed by atoms with van der Waals surface area (Å²) in [5.74, 6) is 0.0734. The maximum Gasteiger partial charge on any atom is 0.243 e. The minimum atomic E-state index is -3.76. The number of hydrogen-bond acceptors (Lipinski definition) is 3. The lowest BCUT2D eigenvalue weighted by atomic mass is 10.2. The van der Waals surface area contributed by atoms with Crippen molar-refractivity contribution < 1.29 is 12.8 Å². The first-order chi connectivity index (χ1) is 11.6. The topological polar surface area (TPSA) is 66.1 Å². The number of benzene rings is 2. The molecule has 1 aliphatic heterocycles. The molecule has 0 saturated carbocycles. The molecule has 124 valence electrons. The van der Waals surface area contributed by atoms with E-state index in [2.05, 4.69) is 9.97 Å². The third-order valence-electron chi connectivity index (χ3n) is 4.33. The van der Waals surface area contributed by atoms with Gasteiger partial charge in [0.05, 0.1) is 22.0 Å². The van der Waals surface area contributed by atoms with Crippen molar-refractivity contribution >= 4 is 21.1 Å². The predicted octanol–water partition coefficient (Wildman–Crippen LogP) is 3.23. The number of halogens is 1. The summed E-state index contributed by atoms with van der Waals surface area (Å²) in [6, 6.07) is 12.4. The van der Waals surface area contributed by atoms with Crippen LogP contribution in [-0.4, -0.2) is 29.2 Å². The van der Waals surface area contributed by atoms with Crippen LogP contribution in [0.2, 0.25) is 0 Å². The van der Waals surface area contributed by atoms with Gasteiger partial charge in [0.25, 0.3) is 0 Å². The lowest BCUT2D eigenvalue weighted by Gasteiger charge is -2.22. The van der Waals surface area contributed by atoms with Crippen molar-refractivity contribution in [1.82, 2.24) is 14.3 Å². The van der Waals surface area contributed by atoms with Crippen LogP contribution in [-0.2, 0) is 10.0 Å². The molecule has 1 fully saturated rings. The fraction of sp³-hybridized carbons (Fsp3) is 0.235. The van der Waals surface area contributed by atoms with Crippen molar-refractivity contribution in [1.29, 1.82) is 0 Å². The van der Waals surface area contributed by atoms with E-state index in [0.29, 0.717) is 18.8 Å². The molecule has 1 unspecified atom stereocenters. The van der Waals surface area contributed by atoms with Gasteiger partial charge in [-0.05, 0) is 43.2 Å². The Hall–Kier alpha value is -2.25. The summed E-state index contributed by atoms with van der Waals surface area (Å²) in [7, 11) is -3.76. The largest absolute Gasteiger partial charge is 0.341 e. The van der Waals surface area contributed by atoms with E-state index in [9.17, 15) is 12.8 Å². The normalized spacial score (nSPS) is 19.1. The Morgan fingerprint density at radius 2 is 2.00 bits per heavy atom. The van der Waals surface area contributed by atoms with Crippen molar-refractivity contribution in [3.05, 3.63) is 60.2 Å². The van der Waals surface area contributed by atoms with Crippen LogP contribution in [0.3, 0.4) is 0 Å². The molecule has 0 spiro atoms. The smallest absolute Gasteiger partial charge is 0.243 e. The molecule has 0 radical (unpaired) electrons. The quantitative estimate of drug-likeness (QED) is 0.792. The van der Waals surface area contributed by atoms with Gasteiger partial charge in [-0.25, -0.2) is 17.8 Å². The summed E-state index contributed by atoms with van der Waals surface area (Å²) in [4.78, 5) is 7.72. The molecule has 24 heavy (non-hydrogen) atoms. The van der Waals surface area contributed by atoms with Crippen LogP contribution in [0.25, 0.3) is 11.0 Å². The second-order valence-electron chi connectivity index (χ2n) is 5.87. The highest BCUT2D eigenvalue weighted by atomic mass is 32.2. The van der Waals surface area contributed by atoms with Gasteiger partial charge in [-0.3, -0.25) is 0 Å². The van der Waals surface area contributed by atoms with Crippen molar-refractivity contribution in [2.24, 2.45) is 0 Å². The van der Waals surface area contributed by atoms with Gasteiger partial charge >= 0.3 is 0 Å². The van der Waals surface area contributed by atoms with Gasteiger partial charge in [-0.15, -0.1) is 0 Å². The number of nitrogens with one attached hydrogen (secondary N) is 1. The molecule has 3 aromatic rings. The lowest BCUT2D eigenvalue weighted by molar-refractivity contribution is 0.385. The average molecular weight is 345 g/mol. The number of aromatic amines is 1. The Morgan fingerprint density at radius 3 is 2.79 bits per heavy atom. The molecule has 1 N–H and O–H groups in total. The molecule has 1 aliphatic rings. The summed E-state index contributed by atoms with van der Waals surface area (Å²) in [5, 5.41) is 0. The Labute approximate surface area is 139 Å². The van der Waals surface area contributed by atoms with Gasteiger partial charge in [0.15, 0.2) is 0 Å². The average Bonchev–Trinajstić information content (AvgIpc) is 3.21. The van der Waals surface area contributed by atoms with E-state index in [1.807, 2.05) is 24.3 Å². The van der Waals surface area contributed by atoms with Crippen LogP contribution in [0, 0.1) is 5.82 Å². The zero-order valence-corrected chi connectivity index (χ0v) is 13.6. The van der Waals surface area contributed by atoms with Crippen LogP contribution >= 0.6 is 0 Å². The maximum atomic E-state index is 13.4. The monoisotopic (exact) mass is 345 g/mol. The lowest BCUT2D eigenvalue weighted by Crippen LogP contribution is -2.31. The van der Waals surface area contributed by atoms with Gasteiger partial charge in [-0.1, -0.05) is 18.2 Å². The Kier molecular flexibility index (Phi) is 3.62. The second-order valence-corrected chi connectivity index (χ2v) is 7.76. The maximum absolute atomic E-state index is 13.4. The fourth-order valence-corrected chi connectivity index (χ4v) is 4.89. The third-order valence-corrected chi connectivity index (χ3v) is 6.23. The number of sulfonamides is 1. The Balaban J connectivity index is 1.74. The molecule has 5 nitrogen and oxygen atoms in total. The minimum Gasteiger partial charge on any atom is -0.341 e. The number of hydrogen-bond donors (Lipinski definition) is 1. The van der Waals surface area contributed by atoms with Crippen LogP contribution < -0.4 is 0 Å². The van der Waals surface area contributed by atoms with Crippen molar-refractivity contribution in [2.45, 2.75) is 23.8 Å². The summed E-state index contributed by atoms with van der Waals surface area (Å²) in [6.45, 7) is 0.403. The molecule has 1 atom stereocenters. The predicted molar refractivity (Wildman–Crippen MR) is 88.4 cm³/mol. The highest BCUT2D eigenvalue weighted by Crippen LogP contribution is 2.36. The molecule has 0 aliphatic carbocycles. The molecule has 0 bridgehead atoms. The van der Waals surface area contributed by atoms with Crippen LogP contribution in [0.1, 0.15) is 24.7 Å². The van der Waals surface area contributed by atoms with E-state index in [4.69, 9.17) is 0 Å². The molecule has 2 aromatic carbocycles. The van der Waals surface area contributed by atoms with Crippen molar-refractivity contribution in [2.75, 3.05) is 6.54 Å². The van der Waals surface area contributed by atoms with Crippen LogP contribution in [0.5, 0.6) is 0 Å². The molecule has 0 amide bonds. The Morgan fingerprint density at radius 1 is 1.17 bits per heavy atom. The van der Waals surface area contributed by atoms with Crippen LogP contribution in [0.4, 0.5) is 4.39 Å². The van der Waals surface area contributed by atoms with E-state index in [1.165, 1.54) is 22.5 Å². The zero-order valence-electron chi connectivity index (χ0n) is 12.8. The van der Waals surface area contributed by atoms with Gasteiger partial charge in [-0.2, -0.15) is 4.31 Å². The molecular formula is C17H16FN3O2S. The minimum absolute atomic E-state index is 0.0227. The standard InChI is InChI=1S/C17H16FN3O2S/c18-12-5-3-6-13(11-12)24(22,23)21-10-4-9-16(21)17-19-14-7-1-2-8-15(14)20-17/h1-3,5-8,11,16H,4,9-10H2,(H,19,20). The highest BCUT2D eigenvalue weighted by Gasteiger charge is 2.37. The van der Waals surface area contributed by atoms with Gasteiger partial charge in [0, 0.05) is 6.54 Å². The SMILES string of the molecule is O=S(=O)(c1cccc(F)c1)N1CCCC1c1nc2ccccc2[nH]1. The first-order valence-corrected chi connectivity index (χ1v) is 9.22. The van der Waals surface area contributed by atoms with Gasteiger partial charge in [0.1, 0.15) is 11.6 Å². The molecule has 1 saturated heterocycles. The van der Waals surface area contributed by atoms with E-state index < -0.39 is 15.8 Å². The van der Waals surface area contributed by atoms with Crippen LogP contribution in [0.15, 0.2) is 53.4 Å². The number of aromatic nitrogens is 2. The second kappa shape index (κ2) is 5.68. The van der Waals surface area contributed by atoms with Gasteiger partial charge < -0.3 is 4.98 Å². The molecule has 7 heteroatoms. The summed E-state index contributed by atoms with van der Waals surface area (Å²) < 4.78 is 40.7. The molecule has 2 heterocycles. The van der Waals surface area contributed by atoms with E-state index in [1.54, 1.807) is 0 Å². The van der Waals surface area contributed by atoms with Crippen molar-refractivity contribution in [3.8, 4) is 0 Å². The first kappa shape index (κ1) is 15.3. The number of rotatable bonds is 3. The number of imidazole rings is 1. The summed E-state index contributed by atoms with van der Waals surface area (Å²) >= 11 is 0. The first-order valence-electron chi connectivity index (χ1n) is 7.78. The van der Waals surface area contributed by atoms with Gasteiger partial charge in [0.2, 0.25) is 10.0 Å². The van der Waals surface area contributed by atoms with E-state index in [0.717, 1.165) is 23.5 Å². The molecule has 1 aromatic heterocycles. The summed E-state index contributed by atoms with van der Waals surface area (Å²) in [5.41, 5.74) is 1.69. The third kappa shape index (κ3) is 2.50.